The summed E-state index contributed by atoms with van der Waals surface area (Å²) in [5, 5.41) is 3.98. The van der Waals surface area contributed by atoms with Crippen molar-refractivity contribution in [2.45, 2.75) is 26.3 Å². The van der Waals surface area contributed by atoms with E-state index >= 15 is 0 Å². The van der Waals surface area contributed by atoms with E-state index in [0.29, 0.717) is 17.0 Å². The normalized spacial score (nSPS) is 12.4. The average molecular weight is 292 g/mol. The minimum atomic E-state index is -0.204. The van der Waals surface area contributed by atoms with Crippen molar-refractivity contribution in [2.75, 3.05) is 6.54 Å². The molecule has 3 heteroatoms. The predicted molar refractivity (Wildman–Crippen MR) is 82.7 cm³/mol. The smallest absolute Gasteiger partial charge is 0.126 e. The Morgan fingerprint density at radius 1 is 1.20 bits per heavy atom. The summed E-state index contributed by atoms with van der Waals surface area (Å²) in [4.78, 5) is 0. The number of aryl methyl sites for hydroxylation is 1. The SMILES string of the molecule is CCNC(Cc1cc(Cl)ccc1F)c1cccc(C)c1. The van der Waals surface area contributed by atoms with Gasteiger partial charge in [0, 0.05) is 11.1 Å². The van der Waals surface area contributed by atoms with Crippen molar-refractivity contribution in [3.8, 4) is 0 Å². The number of halogens is 2. The minimum Gasteiger partial charge on any atom is -0.310 e. The molecule has 0 fully saturated rings. The Labute approximate surface area is 124 Å². The molecule has 1 nitrogen and oxygen atoms in total. The molecule has 0 saturated carbocycles. The molecule has 2 rings (SSSR count). The zero-order valence-corrected chi connectivity index (χ0v) is 12.5. The molecule has 1 N–H and O–H groups in total. The first-order chi connectivity index (χ1) is 9.60. The van der Waals surface area contributed by atoms with E-state index < -0.39 is 0 Å². The van der Waals surface area contributed by atoms with Crippen LogP contribution in [0.5, 0.6) is 0 Å². The molecular formula is C17H19ClFN. The number of benzene rings is 2. The molecule has 1 unspecified atom stereocenters. The van der Waals surface area contributed by atoms with Gasteiger partial charge < -0.3 is 5.32 Å². The van der Waals surface area contributed by atoms with Gasteiger partial charge in [-0.1, -0.05) is 48.4 Å². The Kier molecular flexibility index (Phi) is 5.16. The van der Waals surface area contributed by atoms with Crippen LogP contribution in [0.3, 0.4) is 0 Å². The van der Waals surface area contributed by atoms with Crippen LogP contribution in [0.2, 0.25) is 5.02 Å². The van der Waals surface area contributed by atoms with Gasteiger partial charge in [-0.15, -0.1) is 0 Å². The van der Waals surface area contributed by atoms with Crippen molar-refractivity contribution in [3.63, 3.8) is 0 Å². The first-order valence-corrected chi connectivity index (χ1v) is 7.22. The molecule has 2 aromatic rings. The van der Waals surface area contributed by atoms with Gasteiger partial charge in [-0.3, -0.25) is 0 Å². The Morgan fingerprint density at radius 3 is 2.70 bits per heavy atom. The van der Waals surface area contributed by atoms with E-state index in [1.54, 1.807) is 12.1 Å². The summed E-state index contributed by atoms with van der Waals surface area (Å²) < 4.78 is 13.9. The van der Waals surface area contributed by atoms with Crippen molar-refractivity contribution in [1.82, 2.24) is 5.32 Å². The quantitative estimate of drug-likeness (QED) is 0.843. The van der Waals surface area contributed by atoms with Crippen LogP contribution in [-0.2, 0) is 6.42 Å². The Morgan fingerprint density at radius 2 is 2.00 bits per heavy atom. The van der Waals surface area contributed by atoms with Gasteiger partial charge in [-0.25, -0.2) is 4.39 Å². The maximum atomic E-state index is 13.9. The van der Waals surface area contributed by atoms with Gasteiger partial charge in [0.25, 0.3) is 0 Å². The third-order valence-corrected chi connectivity index (χ3v) is 3.56. The molecule has 0 heterocycles. The molecule has 0 radical (unpaired) electrons. The van der Waals surface area contributed by atoms with Gasteiger partial charge in [0.15, 0.2) is 0 Å². The molecule has 0 aromatic heterocycles. The van der Waals surface area contributed by atoms with Crippen molar-refractivity contribution in [3.05, 3.63) is 70.0 Å². The number of hydrogen-bond acceptors (Lipinski definition) is 1. The summed E-state index contributed by atoms with van der Waals surface area (Å²) in [6, 6.07) is 13.1. The topological polar surface area (TPSA) is 12.0 Å². The van der Waals surface area contributed by atoms with Crippen LogP contribution < -0.4 is 5.32 Å². The maximum Gasteiger partial charge on any atom is 0.126 e. The zero-order valence-electron chi connectivity index (χ0n) is 11.8. The Balaban J connectivity index is 2.27. The highest BCUT2D eigenvalue weighted by molar-refractivity contribution is 6.30. The van der Waals surface area contributed by atoms with Crippen LogP contribution in [0.25, 0.3) is 0 Å². The van der Waals surface area contributed by atoms with Gasteiger partial charge in [-0.2, -0.15) is 0 Å². The third-order valence-electron chi connectivity index (χ3n) is 3.33. The second-order valence-corrected chi connectivity index (χ2v) is 5.40. The fourth-order valence-corrected chi connectivity index (χ4v) is 2.56. The van der Waals surface area contributed by atoms with Crippen LogP contribution >= 0.6 is 11.6 Å². The number of rotatable bonds is 5. The summed E-state index contributed by atoms with van der Waals surface area (Å²) in [5.74, 6) is -0.204. The molecule has 0 aliphatic heterocycles. The summed E-state index contributed by atoms with van der Waals surface area (Å²) in [5.41, 5.74) is 3.02. The standard InChI is InChI=1S/C17H19ClFN/c1-3-20-17(13-6-4-5-12(2)9-13)11-14-10-15(18)7-8-16(14)19/h4-10,17,20H,3,11H2,1-2H3. The molecular weight excluding hydrogens is 273 g/mol. The highest BCUT2D eigenvalue weighted by Gasteiger charge is 2.14. The average Bonchev–Trinajstić information content (AvgIpc) is 2.42. The minimum absolute atomic E-state index is 0.0906. The molecule has 0 aliphatic carbocycles. The van der Waals surface area contributed by atoms with Crippen molar-refractivity contribution in [2.24, 2.45) is 0 Å². The van der Waals surface area contributed by atoms with E-state index in [4.69, 9.17) is 11.6 Å². The molecule has 1 atom stereocenters. The van der Waals surface area contributed by atoms with Gasteiger partial charge in [0.05, 0.1) is 0 Å². The number of likely N-dealkylation sites (N-methyl/N-ethyl adjacent to an activating group) is 1. The lowest BCUT2D eigenvalue weighted by atomic mass is 9.97. The van der Waals surface area contributed by atoms with Crippen LogP contribution in [0.1, 0.15) is 29.7 Å². The first kappa shape index (κ1) is 15.0. The molecule has 0 aliphatic rings. The molecule has 0 saturated heterocycles. The zero-order chi connectivity index (χ0) is 14.5. The lowest BCUT2D eigenvalue weighted by Gasteiger charge is -2.19. The van der Waals surface area contributed by atoms with E-state index in [2.05, 4.69) is 37.4 Å². The van der Waals surface area contributed by atoms with Gasteiger partial charge >= 0.3 is 0 Å². The highest BCUT2D eigenvalue weighted by Crippen LogP contribution is 2.23. The van der Waals surface area contributed by atoms with E-state index in [-0.39, 0.29) is 11.9 Å². The van der Waals surface area contributed by atoms with E-state index in [1.807, 2.05) is 6.07 Å². The van der Waals surface area contributed by atoms with Gasteiger partial charge in [0.1, 0.15) is 5.82 Å². The lowest BCUT2D eigenvalue weighted by Crippen LogP contribution is -2.23. The van der Waals surface area contributed by atoms with Crippen LogP contribution in [0.15, 0.2) is 42.5 Å². The number of hydrogen-bond donors (Lipinski definition) is 1. The maximum absolute atomic E-state index is 13.9. The Bertz CT molecular complexity index is 583. The van der Waals surface area contributed by atoms with Crippen molar-refractivity contribution in [1.29, 1.82) is 0 Å². The van der Waals surface area contributed by atoms with Crippen LogP contribution in [0, 0.1) is 12.7 Å². The fraction of sp³-hybridized carbons (Fsp3) is 0.294. The largest absolute Gasteiger partial charge is 0.310 e. The summed E-state index contributed by atoms with van der Waals surface area (Å²) >= 11 is 5.96. The lowest BCUT2D eigenvalue weighted by molar-refractivity contribution is 0.528. The highest BCUT2D eigenvalue weighted by atomic mass is 35.5. The van der Waals surface area contributed by atoms with Crippen LogP contribution in [0.4, 0.5) is 4.39 Å². The predicted octanol–water partition coefficient (Wildman–Crippen LogP) is 4.68. The molecule has 0 spiro atoms. The summed E-state index contributed by atoms with van der Waals surface area (Å²) in [6.45, 7) is 4.95. The first-order valence-electron chi connectivity index (χ1n) is 6.84. The molecule has 0 bridgehead atoms. The van der Waals surface area contributed by atoms with Gasteiger partial charge in [-0.05, 0) is 49.2 Å². The molecule has 20 heavy (non-hydrogen) atoms. The second kappa shape index (κ2) is 6.87. The van der Waals surface area contributed by atoms with E-state index in [1.165, 1.54) is 17.2 Å². The summed E-state index contributed by atoms with van der Waals surface area (Å²) in [6.07, 6.45) is 0.587. The van der Waals surface area contributed by atoms with Crippen molar-refractivity contribution < 1.29 is 4.39 Å². The van der Waals surface area contributed by atoms with E-state index in [0.717, 1.165) is 6.54 Å². The second-order valence-electron chi connectivity index (χ2n) is 4.96. The number of nitrogens with one attached hydrogen (secondary N) is 1. The molecule has 0 amide bonds. The Hall–Kier alpha value is -1.38. The molecule has 106 valence electrons. The van der Waals surface area contributed by atoms with Crippen molar-refractivity contribution >= 4 is 11.6 Å². The van der Waals surface area contributed by atoms with Gasteiger partial charge in [0.2, 0.25) is 0 Å². The van der Waals surface area contributed by atoms with E-state index in [9.17, 15) is 4.39 Å². The third kappa shape index (κ3) is 3.81. The van der Waals surface area contributed by atoms with Crippen LogP contribution in [-0.4, -0.2) is 6.54 Å². The molecule has 2 aromatic carbocycles. The summed E-state index contributed by atoms with van der Waals surface area (Å²) in [7, 11) is 0. The fourth-order valence-electron chi connectivity index (χ4n) is 2.36. The monoisotopic (exact) mass is 291 g/mol.